The fourth-order valence-corrected chi connectivity index (χ4v) is 1.47. The summed E-state index contributed by atoms with van der Waals surface area (Å²) < 4.78 is 36.9. The summed E-state index contributed by atoms with van der Waals surface area (Å²) in [5.41, 5.74) is 4.87. The predicted molar refractivity (Wildman–Crippen MR) is 49.9 cm³/mol. The molecule has 0 aliphatic carbocycles. The smallest absolute Gasteiger partial charge is 0.316 e. The molecule has 1 heterocycles. The van der Waals surface area contributed by atoms with Gasteiger partial charge in [-0.2, -0.15) is 13.2 Å². The number of pyridine rings is 1. The van der Waals surface area contributed by atoms with Crippen molar-refractivity contribution in [1.82, 2.24) is 4.98 Å². The highest BCUT2D eigenvalue weighted by molar-refractivity contribution is 9.10. The number of rotatable bonds is 1. The summed E-state index contributed by atoms with van der Waals surface area (Å²) in [5, 5.41) is -0.0251. The van der Waals surface area contributed by atoms with Crippen LogP contribution in [-0.4, -0.2) is 11.2 Å². The van der Waals surface area contributed by atoms with Crippen molar-refractivity contribution in [2.45, 2.75) is 12.2 Å². The Bertz CT molecular complexity index is 342. The zero-order valence-electron chi connectivity index (χ0n) is 6.65. The first-order valence-electron chi connectivity index (χ1n) is 3.45. The highest BCUT2D eigenvalue weighted by atomic mass is 79.9. The Morgan fingerprint density at radius 2 is 2.07 bits per heavy atom. The second-order valence-corrected chi connectivity index (χ2v) is 3.79. The van der Waals surface area contributed by atoms with Crippen molar-refractivity contribution in [2.75, 3.05) is 0 Å². The largest absolute Gasteiger partial charge is 0.407 e. The van der Waals surface area contributed by atoms with E-state index in [1.54, 1.807) is 0 Å². The van der Waals surface area contributed by atoms with Gasteiger partial charge in [-0.15, -0.1) is 0 Å². The van der Waals surface area contributed by atoms with Crippen molar-refractivity contribution in [3.63, 3.8) is 0 Å². The molecule has 2 nitrogen and oxygen atoms in total. The minimum atomic E-state index is -4.49. The SMILES string of the molecule is NC(c1cc(Cl)ncc1Br)C(F)(F)F. The van der Waals surface area contributed by atoms with Gasteiger partial charge in [0.1, 0.15) is 11.2 Å². The molecule has 0 amide bonds. The second kappa shape index (κ2) is 4.04. The monoisotopic (exact) mass is 288 g/mol. The fraction of sp³-hybridized carbons (Fsp3) is 0.286. The maximum Gasteiger partial charge on any atom is 0.407 e. The summed E-state index contributed by atoms with van der Waals surface area (Å²) >= 11 is 8.38. The van der Waals surface area contributed by atoms with Crippen LogP contribution in [0.5, 0.6) is 0 Å². The molecule has 78 valence electrons. The zero-order valence-corrected chi connectivity index (χ0v) is 8.99. The van der Waals surface area contributed by atoms with Crippen molar-refractivity contribution in [1.29, 1.82) is 0 Å². The summed E-state index contributed by atoms with van der Waals surface area (Å²) in [7, 11) is 0. The first kappa shape index (κ1) is 11.7. The third-order valence-electron chi connectivity index (χ3n) is 1.54. The van der Waals surface area contributed by atoms with Crippen LogP contribution < -0.4 is 5.73 Å². The van der Waals surface area contributed by atoms with E-state index in [1.165, 1.54) is 6.20 Å². The Labute approximate surface area is 91.4 Å². The van der Waals surface area contributed by atoms with E-state index >= 15 is 0 Å². The molecule has 2 N–H and O–H groups in total. The topological polar surface area (TPSA) is 38.9 Å². The molecular formula is C7H5BrClF3N2. The van der Waals surface area contributed by atoms with Gasteiger partial charge in [0.2, 0.25) is 0 Å². The van der Waals surface area contributed by atoms with E-state index in [9.17, 15) is 13.2 Å². The van der Waals surface area contributed by atoms with E-state index in [0.717, 1.165) is 6.07 Å². The minimum Gasteiger partial charge on any atom is -0.316 e. The molecule has 14 heavy (non-hydrogen) atoms. The third kappa shape index (κ3) is 2.59. The van der Waals surface area contributed by atoms with Crippen molar-refractivity contribution in [3.8, 4) is 0 Å². The van der Waals surface area contributed by atoms with Crippen LogP contribution in [0.3, 0.4) is 0 Å². The van der Waals surface area contributed by atoms with Gasteiger partial charge < -0.3 is 5.73 Å². The lowest BCUT2D eigenvalue weighted by Gasteiger charge is -2.16. The average molecular weight is 289 g/mol. The van der Waals surface area contributed by atoms with Crippen LogP contribution in [-0.2, 0) is 0 Å². The molecule has 0 saturated heterocycles. The summed E-state index contributed by atoms with van der Waals surface area (Å²) in [6.07, 6.45) is -3.31. The van der Waals surface area contributed by atoms with Gasteiger partial charge in [-0.3, -0.25) is 0 Å². The molecule has 1 unspecified atom stereocenters. The fourth-order valence-electron chi connectivity index (χ4n) is 0.842. The molecule has 1 aromatic heterocycles. The standard InChI is InChI=1S/C7H5BrClF3N2/c8-4-2-14-5(9)1-3(4)6(13)7(10,11)12/h1-2,6H,13H2. The zero-order chi connectivity index (χ0) is 10.9. The van der Waals surface area contributed by atoms with Crippen LogP contribution in [0.1, 0.15) is 11.6 Å². The molecule has 0 fully saturated rings. The number of hydrogen-bond donors (Lipinski definition) is 1. The van der Waals surface area contributed by atoms with Crippen LogP contribution >= 0.6 is 27.5 Å². The highest BCUT2D eigenvalue weighted by Gasteiger charge is 2.38. The molecule has 1 atom stereocenters. The van der Waals surface area contributed by atoms with E-state index in [1.807, 2.05) is 0 Å². The van der Waals surface area contributed by atoms with E-state index < -0.39 is 12.2 Å². The lowest BCUT2D eigenvalue weighted by molar-refractivity contribution is -0.149. The van der Waals surface area contributed by atoms with Gasteiger partial charge in [-0.05, 0) is 27.6 Å². The number of alkyl halides is 3. The van der Waals surface area contributed by atoms with E-state index in [-0.39, 0.29) is 15.2 Å². The first-order valence-corrected chi connectivity index (χ1v) is 4.62. The molecule has 0 aromatic carbocycles. The van der Waals surface area contributed by atoms with Gasteiger partial charge in [-0.25, -0.2) is 4.98 Å². The number of nitrogens with zero attached hydrogens (tertiary/aromatic N) is 1. The molecular weight excluding hydrogens is 284 g/mol. The predicted octanol–water partition coefficient (Wildman–Crippen LogP) is 3.06. The van der Waals surface area contributed by atoms with E-state index in [4.69, 9.17) is 17.3 Å². The Balaban J connectivity index is 3.12. The number of halogens is 5. The van der Waals surface area contributed by atoms with Crippen LogP contribution in [0.4, 0.5) is 13.2 Å². The van der Waals surface area contributed by atoms with Crippen molar-refractivity contribution < 1.29 is 13.2 Å². The maximum atomic E-state index is 12.2. The number of aromatic nitrogens is 1. The second-order valence-electron chi connectivity index (χ2n) is 2.55. The summed E-state index contributed by atoms with van der Waals surface area (Å²) in [6, 6.07) is -0.971. The van der Waals surface area contributed by atoms with Gasteiger partial charge in [0.25, 0.3) is 0 Å². The molecule has 1 aromatic rings. The van der Waals surface area contributed by atoms with Crippen LogP contribution in [0.2, 0.25) is 5.15 Å². The molecule has 7 heteroatoms. The maximum absolute atomic E-state index is 12.2. The lowest BCUT2D eigenvalue weighted by atomic mass is 10.1. The molecule has 0 saturated carbocycles. The molecule has 1 rings (SSSR count). The Kier molecular flexibility index (Phi) is 3.39. The molecule has 0 aliphatic heterocycles. The number of hydrogen-bond acceptors (Lipinski definition) is 2. The van der Waals surface area contributed by atoms with Gasteiger partial charge in [-0.1, -0.05) is 11.6 Å². The molecule has 0 spiro atoms. The summed E-state index contributed by atoms with van der Waals surface area (Å²) in [4.78, 5) is 3.60. The van der Waals surface area contributed by atoms with E-state index in [2.05, 4.69) is 20.9 Å². The summed E-state index contributed by atoms with van der Waals surface area (Å²) in [5.74, 6) is 0. The quantitative estimate of drug-likeness (QED) is 0.807. The van der Waals surface area contributed by atoms with Gasteiger partial charge in [0.05, 0.1) is 0 Å². The van der Waals surface area contributed by atoms with Crippen molar-refractivity contribution >= 4 is 27.5 Å². The Morgan fingerprint density at radius 3 is 2.57 bits per heavy atom. The van der Waals surface area contributed by atoms with Crippen molar-refractivity contribution in [3.05, 3.63) is 27.5 Å². The lowest BCUT2D eigenvalue weighted by Crippen LogP contribution is -2.28. The Morgan fingerprint density at radius 1 is 1.50 bits per heavy atom. The molecule has 0 radical (unpaired) electrons. The van der Waals surface area contributed by atoms with Crippen LogP contribution in [0, 0.1) is 0 Å². The van der Waals surface area contributed by atoms with E-state index in [0.29, 0.717) is 0 Å². The Hall–Kier alpha value is -0.330. The first-order chi connectivity index (χ1) is 6.32. The van der Waals surface area contributed by atoms with Crippen molar-refractivity contribution in [2.24, 2.45) is 5.73 Å². The molecule has 0 aliphatic rings. The van der Waals surface area contributed by atoms with Gasteiger partial charge in [0.15, 0.2) is 0 Å². The average Bonchev–Trinajstić information content (AvgIpc) is 2.06. The van der Waals surface area contributed by atoms with Crippen LogP contribution in [0.25, 0.3) is 0 Å². The van der Waals surface area contributed by atoms with Crippen LogP contribution in [0.15, 0.2) is 16.7 Å². The normalized spacial score (nSPS) is 14.1. The minimum absolute atomic E-state index is 0.0251. The third-order valence-corrected chi connectivity index (χ3v) is 2.41. The highest BCUT2D eigenvalue weighted by Crippen LogP contribution is 2.34. The van der Waals surface area contributed by atoms with Gasteiger partial charge in [0, 0.05) is 10.7 Å². The number of nitrogens with two attached hydrogens (primary N) is 1. The summed E-state index contributed by atoms with van der Waals surface area (Å²) in [6.45, 7) is 0. The van der Waals surface area contributed by atoms with Gasteiger partial charge >= 0.3 is 6.18 Å². The molecule has 0 bridgehead atoms.